The highest BCUT2D eigenvalue weighted by Gasteiger charge is 2.08. The van der Waals surface area contributed by atoms with Gasteiger partial charge >= 0.3 is 0 Å². The molecule has 1 aromatic rings. The van der Waals surface area contributed by atoms with Crippen molar-refractivity contribution in [3.05, 3.63) is 11.8 Å². The van der Waals surface area contributed by atoms with Crippen molar-refractivity contribution in [2.75, 3.05) is 12.8 Å². The van der Waals surface area contributed by atoms with Crippen LogP contribution in [0.2, 0.25) is 0 Å². The predicted molar refractivity (Wildman–Crippen MR) is 57.2 cm³/mol. The van der Waals surface area contributed by atoms with Gasteiger partial charge in [0.05, 0.1) is 10.7 Å². The molecular weight excluding hydrogens is 182 g/mol. The van der Waals surface area contributed by atoms with Crippen LogP contribution in [-0.4, -0.2) is 22.6 Å². The molecule has 4 heteroatoms. The maximum absolute atomic E-state index is 5.48. The van der Waals surface area contributed by atoms with Gasteiger partial charge in [-0.25, -0.2) is 0 Å². The average Bonchev–Trinajstić information content (AvgIpc) is 2.48. The number of hydrogen-bond donors (Lipinski definition) is 1. The lowest BCUT2D eigenvalue weighted by Crippen LogP contribution is -2.06. The summed E-state index contributed by atoms with van der Waals surface area (Å²) < 4.78 is 2.05. The molecule has 1 aromatic heterocycles. The fourth-order valence-electron chi connectivity index (χ4n) is 1.22. The third-order valence-electron chi connectivity index (χ3n) is 1.85. The van der Waals surface area contributed by atoms with Gasteiger partial charge in [0.2, 0.25) is 0 Å². The summed E-state index contributed by atoms with van der Waals surface area (Å²) in [5.41, 5.74) is 6.58. The molecule has 0 amide bonds. The highest BCUT2D eigenvalue weighted by Crippen LogP contribution is 2.20. The molecule has 1 rings (SSSR count). The second kappa shape index (κ2) is 4.67. The molecule has 0 radical (unpaired) electrons. The summed E-state index contributed by atoms with van der Waals surface area (Å²) in [4.78, 5) is 0. The topological polar surface area (TPSA) is 43.8 Å². The number of thioether (sulfide) groups is 1. The van der Waals surface area contributed by atoms with Crippen LogP contribution >= 0.6 is 11.8 Å². The molecule has 0 saturated heterocycles. The Morgan fingerprint density at radius 2 is 2.31 bits per heavy atom. The van der Waals surface area contributed by atoms with E-state index >= 15 is 0 Å². The predicted octanol–water partition coefficient (Wildman–Crippen LogP) is 1.69. The summed E-state index contributed by atoms with van der Waals surface area (Å²) in [7, 11) is 0. The molecule has 74 valence electrons. The van der Waals surface area contributed by atoms with E-state index in [1.54, 1.807) is 11.8 Å². The van der Waals surface area contributed by atoms with E-state index in [1.165, 1.54) is 5.03 Å². The van der Waals surface area contributed by atoms with E-state index in [1.807, 2.05) is 0 Å². The molecule has 3 nitrogen and oxygen atoms in total. The van der Waals surface area contributed by atoms with Crippen LogP contribution in [0.5, 0.6) is 0 Å². The lowest BCUT2D eigenvalue weighted by molar-refractivity contribution is 0.489. The van der Waals surface area contributed by atoms with Crippen molar-refractivity contribution in [3.8, 4) is 0 Å². The monoisotopic (exact) mass is 199 g/mol. The Hall–Kier alpha value is -0.480. The van der Waals surface area contributed by atoms with E-state index in [0.29, 0.717) is 12.6 Å². The fourth-order valence-corrected chi connectivity index (χ4v) is 1.91. The molecule has 0 aromatic carbocycles. The zero-order chi connectivity index (χ0) is 9.84. The number of aromatic nitrogens is 2. The molecule has 13 heavy (non-hydrogen) atoms. The van der Waals surface area contributed by atoms with E-state index in [2.05, 4.69) is 36.0 Å². The van der Waals surface area contributed by atoms with Crippen molar-refractivity contribution in [2.24, 2.45) is 5.73 Å². The first-order valence-corrected chi connectivity index (χ1v) is 5.74. The SMILES string of the molecule is CSc1cc(CCN)nn1C(C)C. The van der Waals surface area contributed by atoms with Crippen molar-refractivity contribution >= 4 is 11.8 Å². The minimum Gasteiger partial charge on any atom is -0.330 e. The van der Waals surface area contributed by atoms with Crippen LogP contribution in [-0.2, 0) is 6.42 Å². The van der Waals surface area contributed by atoms with Crippen molar-refractivity contribution in [3.63, 3.8) is 0 Å². The van der Waals surface area contributed by atoms with Crippen molar-refractivity contribution in [1.82, 2.24) is 9.78 Å². The Bertz CT molecular complexity index is 268. The highest BCUT2D eigenvalue weighted by molar-refractivity contribution is 7.98. The van der Waals surface area contributed by atoms with Crippen molar-refractivity contribution < 1.29 is 0 Å². The van der Waals surface area contributed by atoms with Gasteiger partial charge in [0, 0.05) is 12.5 Å². The summed E-state index contributed by atoms with van der Waals surface area (Å²) in [6.07, 6.45) is 2.94. The summed E-state index contributed by atoms with van der Waals surface area (Å²) in [6, 6.07) is 2.55. The summed E-state index contributed by atoms with van der Waals surface area (Å²) in [6.45, 7) is 4.95. The molecule has 0 saturated carbocycles. The van der Waals surface area contributed by atoms with E-state index in [9.17, 15) is 0 Å². The molecule has 0 spiro atoms. The zero-order valence-corrected chi connectivity index (χ0v) is 9.27. The third-order valence-corrected chi connectivity index (χ3v) is 2.57. The van der Waals surface area contributed by atoms with Crippen LogP contribution < -0.4 is 5.73 Å². The molecule has 0 aliphatic rings. The number of nitrogens with zero attached hydrogens (tertiary/aromatic N) is 2. The van der Waals surface area contributed by atoms with Gasteiger partial charge in [0.1, 0.15) is 0 Å². The number of nitrogens with two attached hydrogens (primary N) is 1. The first-order valence-electron chi connectivity index (χ1n) is 4.51. The van der Waals surface area contributed by atoms with Crippen LogP contribution in [0.15, 0.2) is 11.1 Å². The van der Waals surface area contributed by atoms with Crippen LogP contribution in [0, 0.1) is 0 Å². The average molecular weight is 199 g/mol. The van der Waals surface area contributed by atoms with Gasteiger partial charge in [0.15, 0.2) is 0 Å². The van der Waals surface area contributed by atoms with E-state index < -0.39 is 0 Å². The van der Waals surface area contributed by atoms with Gasteiger partial charge in [-0.1, -0.05) is 0 Å². The molecule has 0 aliphatic carbocycles. The van der Waals surface area contributed by atoms with Crippen LogP contribution in [0.25, 0.3) is 0 Å². The normalized spacial score (nSPS) is 11.2. The Morgan fingerprint density at radius 3 is 2.69 bits per heavy atom. The van der Waals surface area contributed by atoms with Crippen LogP contribution in [0.4, 0.5) is 0 Å². The maximum Gasteiger partial charge on any atom is 0.0943 e. The zero-order valence-electron chi connectivity index (χ0n) is 8.45. The minimum absolute atomic E-state index is 0.425. The summed E-state index contributed by atoms with van der Waals surface area (Å²) in [5, 5.41) is 5.71. The first-order chi connectivity index (χ1) is 6.19. The quantitative estimate of drug-likeness (QED) is 0.750. The molecule has 0 atom stereocenters. The van der Waals surface area contributed by atoms with Gasteiger partial charge in [-0.15, -0.1) is 11.8 Å². The second-order valence-corrected chi connectivity index (χ2v) is 4.08. The Balaban J connectivity index is 2.90. The smallest absolute Gasteiger partial charge is 0.0943 e. The minimum atomic E-state index is 0.425. The van der Waals surface area contributed by atoms with E-state index in [-0.39, 0.29) is 0 Å². The molecular formula is C9H17N3S. The Kier molecular flexibility index (Phi) is 3.81. The standard InChI is InChI=1S/C9H17N3S/c1-7(2)12-9(13-3)6-8(11-12)4-5-10/h6-7H,4-5,10H2,1-3H3. The third kappa shape index (κ3) is 2.48. The van der Waals surface area contributed by atoms with Crippen LogP contribution in [0.1, 0.15) is 25.6 Å². The summed E-state index contributed by atoms with van der Waals surface area (Å²) >= 11 is 1.73. The van der Waals surface area contributed by atoms with E-state index in [4.69, 9.17) is 5.73 Å². The lowest BCUT2D eigenvalue weighted by atomic mass is 10.3. The Labute approximate surface area is 83.7 Å². The maximum atomic E-state index is 5.48. The van der Waals surface area contributed by atoms with Gasteiger partial charge in [-0.3, -0.25) is 4.68 Å². The van der Waals surface area contributed by atoms with Gasteiger partial charge in [0.25, 0.3) is 0 Å². The largest absolute Gasteiger partial charge is 0.330 e. The number of rotatable bonds is 4. The first kappa shape index (κ1) is 10.6. The summed E-state index contributed by atoms with van der Waals surface area (Å²) in [5.74, 6) is 0. The second-order valence-electron chi connectivity index (χ2n) is 3.26. The van der Waals surface area contributed by atoms with Crippen LogP contribution in [0.3, 0.4) is 0 Å². The molecule has 2 N–H and O–H groups in total. The highest BCUT2D eigenvalue weighted by atomic mass is 32.2. The Morgan fingerprint density at radius 1 is 1.62 bits per heavy atom. The van der Waals surface area contributed by atoms with Crippen molar-refractivity contribution in [1.29, 1.82) is 0 Å². The molecule has 1 heterocycles. The van der Waals surface area contributed by atoms with Crippen molar-refractivity contribution in [2.45, 2.75) is 31.3 Å². The molecule has 0 unspecified atom stereocenters. The van der Waals surface area contributed by atoms with E-state index in [0.717, 1.165) is 12.1 Å². The lowest BCUT2D eigenvalue weighted by Gasteiger charge is -2.08. The molecule has 0 fully saturated rings. The molecule has 0 aliphatic heterocycles. The number of hydrogen-bond acceptors (Lipinski definition) is 3. The van der Waals surface area contributed by atoms with Gasteiger partial charge in [-0.2, -0.15) is 5.10 Å². The van der Waals surface area contributed by atoms with Gasteiger partial charge in [-0.05, 0) is 32.7 Å². The molecule has 0 bridgehead atoms. The fraction of sp³-hybridized carbons (Fsp3) is 0.667. The van der Waals surface area contributed by atoms with Gasteiger partial charge < -0.3 is 5.73 Å².